The van der Waals surface area contributed by atoms with Crippen molar-refractivity contribution < 1.29 is 13.2 Å². The molecule has 1 rings (SSSR count). The maximum atomic E-state index is 12.2. The molecule has 0 radical (unpaired) electrons. The van der Waals surface area contributed by atoms with E-state index in [1.165, 1.54) is 6.92 Å². The van der Waals surface area contributed by atoms with Gasteiger partial charge >= 0.3 is 6.18 Å². The molecule has 0 bridgehead atoms. The van der Waals surface area contributed by atoms with Gasteiger partial charge in [0.1, 0.15) is 5.82 Å². The lowest BCUT2D eigenvalue weighted by Gasteiger charge is -2.12. The SMILES string of the molecule is Cc1c(C(F)(F)F)cnc(N)c1N.N.N. The average molecular weight is 225 g/mol. The fraction of sp³-hybridized carbons (Fsp3) is 0.286. The first-order valence-corrected chi connectivity index (χ1v) is 3.41. The summed E-state index contributed by atoms with van der Waals surface area (Å²) in [7, 11) is 0. The molecule has 5 nitrogen and oxygen atoms in total. The number of nitrogen functional groups attached to an aromatic ring is 2. The van der Waals surface area contributed by atoms with E-state index in [0.29, 0.717) is 6.20 Å². The van der Waals surface area contributed by atoms with Gasteiger partial charge in [0.2, 0.25) is 0 Å². The third-order valence-corrected chi connectivity index (χ3v) is 1.72. The summed E-state index contributed by atoms with van der Waals surface area (Å²) < 4.78 is 36.7. The van der Waals surface area contributed by atoms with Crippen molar-refractivity contribution in [1.82, 2.24) is 17.3 Å². The van der Waals surface area contributed by atoms with Crippen LogP contribution in [0.2, 0.25) is 0 Å². The van der Waals surface area contributed by atoms with Crippen LogP contribution in [-0.2, 0) is 6.18 Å². The number of nitrogens with two attached hydrogens (primary N) is 2. The van der Waals surface area contributed by atoms with Crippen LogP contribution in [0.5, 0.6) is 0 Å². The van der Waals surface area contributed by atoms with Crippen LogP contribution in [0.3, 0.4) is 0 Å². The minimum Gasteiger partial charge on any atom is -0.396 e. The van der Waals surface area contributed by atoms with E-state index in [9.17, 15) is 13.2 Å². The summed E-state index contributed by atoms with van der Waals surface area (Å²) in [5.74, 6) is -0.0782. The van der Waals surface area contributed by atoms with Gasteiger partial charge in [0.15, 0.2) is 0 Å². The van der Waals surface area contributed by atoms with Crippen LogP contribution < -0.4 is 23.8 Å². The van der Waals surface area contributed by atoms with E-state index < -0.39 is 11.7 Å². The maximum Gasteiger partial charge on any atom is 0.418 e. The van der Waals surface area contributed by atoms with Gasteiger partial charge in [0, 0.05) is 6.20 Å². The monoisotopic (exact) mass is 225 g/mol. The molecule has 0 aliphatic rings. The Hall–Kier alpha value is -1.54. The first-order chi connectivity index (χ1) is 5.84. The summed E-state index contributed by atoms with van der Waals surface area (Å²) in [5.41, 5.74) is 9.47. The first kappa shape index (κ1) is 15.9. The Morgan fingerprint density at radius 2 is 1.67 bits per heavy atom. The first-order valence-electron chi connectivity index (χ1n) is 3.41. The van der Waals surface area contributed by atoms with E-state index in [1.807, 2.05) is 0 Å². The van der Waals surface area contributed by atoms with Gasteiger partial charge in [-0.2, -0.15) is 13.2 Å². The molecular weight excluding hydrogens is 211 g/mol. The van der Waals surface area contributed by atoms with Crippen LogP contribution >= 0.6 is 0 Å². The molecule has 0 saturated carbocycles. The zero-order valence-electron chi connectivity index (χ0n) is 8.23. The van der Waals surface area contributed by atoms with Gasteiger partial charge in [-0.25, -0.2) is 4.98 Å². The van der Waals surface area contributed by atoms with Crippen molar-refractivity contribution in [2.75, 3.05) is 11.5 Å². The Balaban J connectivity index is 0. The Kier molecular flexibility index (Phi) is 5.09. The molecule has 0 aliphatic heterocycles. The highest BCUT2D eigenvalue weighted by molar-refractivity contribution is 5.64. The average Bonchev–Trinajstić information content (AvgIpc) is 1.98. The zero-order valence-corrected chi connectivity index (χ0v) is 8.23. The molecule has 0 amide bonds. The van der Waals surface area contributed by atoms with Crippen LogP contribution in [0.25, 0.3) is 0 Å². The predicted octanol–water partition coefficient (Wildman–Crippen LogP) is 1.90. The molecule has 88 valence electrons. The van der Waals surface area contributed by atoms with Gasteiger partial charge in [-0.3, -0.25) is 0 Å². The zero-order chi connectivity index (χ0) is 10.2. The Morgan fingerprint density at radius 1 is 1.20 bits per heavy atom. The third kappa shape index (κ3) is 2.96. The number of halogens is 3. The normalized spacial score (nSPS) is 10.1. The molecule has 0 unspecified atom stereocenters. The molecule has 8 heteroatoms. The second-order valence-electron chi connectivity index (χ2n) is 2.59. The number of nitrogens with zero attached hydrogens (tertiary/aromatic N) is 1. The molecule has 1 aromatic rings. The van der Waals surface area contributed by atoms with Crippen molar-refractivity contribution in [3.05, 3.63) is 17.3 Å². The molecule has 0 aliphatic carbocycles. The van der Waals surface area contributed by atoms with Crippen molar-refractivity contribution in [3.8, 4) is 0 Å². The standard InChI is InChI=1S/C7H8F3N3.2H3N/c1-3-4(7(8,9)10)2-13-6(12)5(3)11;;/h2H,11H2,1H3,(H2,12,13);2*1H3. The number of hydrogen-bond acceptors (Lipinski definition) is 5. The Labute approximate surface area is 84.8 Å². The second kappa shape index (κ2) is 4.80. The number of hydrogen-bond donors (Lipinski definition) is 4. The quantitative estimate of drug-likeness (QED) is 0.534. The Bertz CT molecular complexity index is 336. The van der Waals surface area contributed by atoms with E-state index in [2.05, 4.69) is 4.98 Å². The summed E-state index contributed by atoms with van der Waals surface area (Å²) in [5, 5.41) is 0. The fourth-order valence-electron chi connectivity index (χ4n) is 0.923. The lowest BCUT2D eigenvalue weighted by molar-refractivity contribution is -0.138. The molecule has 15 heavy (non-hydrogen) atoms. The molecule has 1 heterocycles. The van der Waals surface area contributed by atoms with Crippen molar-refractivity contribution in [2.24, 2.45) is 0 Å². The molecule has 1 aromatic heterocycles. The number of aromatic nitrogens is 1. The molecule has 0 saturated heterocycles. The highest BCUT2D eigenvalue weighted by Gasteiger charge is 2.33. The van der Waals surface area contributed by atoms with Gasteiger partial charge in [-0.05, 0) is 12.5 Å². The van der Waals surface area contributed by atoms with E-state index in [1.54, 1.807) is 0 Å². The van der Waals surface area contributed by atoms with Gasteiger partial charge < -0.3 is 23.8 Å². The van der Waals surface area contributed by atoms with E-state index in [-0.39, 0.29) is 29.4 Å². The third-order valence-electron chi connectivity index (χ3n) is 1.72. The summed E-state index contributed by atoms with van der Waals surface area (Å²) in [6, 6.07) is 0. The Morgan fingerprint density at radius 3 is 2.07 bits per heavy atom. The summed E-state index contributed by atoms with van der Waals surface area (Å²) in [6.07, 6.45) is -3.75. The minimum atomic E-state index is -4.43. The fourth-order valence-corrected chi connectivity index (χ4v) is 0.923. The van der Waals surface area contributed by atoms with E-state index >= 15 is 0 Å². The second-order valence-corrected chi connectivity index (χ2v) is 2.59. The topological polar surface area (TPSA) is 135 Å². The molecule has 0 fully saturated rings. The lowest BCUT2D eigenvalue weighted by Crippen LogP contribution is -2.11. The lowest BCUT2D eigenvalue weighted by atomic mass is 10.1. The number of anilines is 2. The van der Waals surface area contributed by atoms with Gasteiger partial charge in [0.25, 0.3) is 0 Å². The smallest absolute Gasteiger partial charge is 0.396 e. The van der Waals surface area contributed by atoms with Crippen molar-refractivity contribution in [2.45, 2.75) is 13.1 Å². The van der Waals surface area contributed by atoms with Crippen LogP contribution in [0.4, 0.5) is 24.7 Å². The van der Waals surface area contributed by atoms with Crippen molar-refractivity contribution in [3.63, 3.8) is 0 Å². The highest BCUT2D eigenvalue weighted by atomic mass is 19.4. The summed E-state index contributed by atoms with van der Waals surface area (Å²) in [4.78, 5) is 3.34. The molecule has 10 N–H and O–H groups in total. The number of rotatable bonds is 0. The van der Waals surface area contributed by atoms with Crippen LogP contribution in [0.15, 0.2) is 6.20 Å². The molecule has 0 aromatic carbocycles. The van der Waals surface area contributed by atoms with Crippen LogP contribution in [0.1, 0.15) is 11.1 Å². The largest absolute Gasteiger partial charge is 0.418 e. The molecule has 0 spiro atoms. The van der Waals surface area contributed by atoms with Gasteiger partial charge in [-0.15, -0.1) is 0 Å². The van der Waals surface area contributed by atoms with Crippen molar-refractivity contribution in [1.29, 1.82) is 0 Å². The van der Waals surface area contributed by atoms with Gasteiger partial charge in [-0.1, -0.05) is 0 Å². The maximum absolute atomic E-state index is 12.2. The predicted molar refractivity (Wildman–Crippen MR) is 52.8 cm³/mol. The highest BCUT2D eigenvalue weighted by Crippen LogP contribution is 2.34. The van der Waals surface area contributed by atoms with E-state index in [0.717, 1.165) is 0 Å². The van der Waals surface area contributed by atoms with Crippen LogP contribution in [0, 0.1) is 6.92 Å². The molecule has 0 atom stereocenters. The minimum absolute atomic E-state index is 0. The van der Waals surface area contributed by atoms with Crippen LogP contribution in [-0.4, -0.2) is 4.98 Å². The van der Waals surface area contributed by atoms with Gasteiger partial charge in [0.05, 0.1) is 11.3 Å². The molecular formula is C7H14F3N5. The number of pyridine rings is 1. The summed E-state index contributed by atoms with van der Waals surface area (Å²) >= 11 is 0. The number of alkyl halides is 3. The van der Waals surface area contributed by atoms with Crippen molar-refractivity contribution >= 4 is 11.5 Å². The van der Waals surface area contributed by atoms with E-state index in [4.69, 9.17) is 11.5 Å². The summed E-state index contributed by atoms with van der Waals surface area (Å²) in [6.45, 7) is 1.26.